The van der Waals surface area contributed by atoms with E-state index < -0.39 is 11.1 Å². The number of hydrogen-bond acceptors (Lipinski definition) is 5. The summed E-state index contributed by atoms with van der Waals surface area (Å²) in [5.41, 5.74) is 1.02. The number of aromatic nitrogens is 1. The summed E-state index contributed by atoms with van der Waals surface area (Å²) in [4.78, 5) is 43.2. The number of carbonyl (C=O) groups is 2. The Morgan fingerprint density at radius 3 is 1.98 bits per heavy atom. The molecule has 244 valence electrons. The highest BCUT2D eigenvalue weighted by atomic mass is 127. The Balaban J connectivity index is 1.74. The predicted molar refractivity (Wildman–Crippen MR) is 193 cm³/mol. The van der Waals surface area contributed by atoms with Gasteiger partial charge in [-0.1, -0.05) is 90.8 Å². The number of amides is 3. The van der Waals surface area contributed by atoms with E-state index in [1.165, 1.54) is 0 Å². The molecule has 2 aromatic carbocycles. The molecule has 8 nitrogen and oxygen atoms in total. The molecule has 1 saturated heterocycles. The van der Waals surface area contributed by atoms with Crippen LogP contribution in [0.4, 0.5) is 4.79 Å². The molecule has 0 spiro atoms. The number of benzene rings is 2. The number of hydrogen-bond donors (Lipinski definition) is 0. The van der Waals surface area contributed by atoms with E-state index in [1.54, 1.807) is 11.1 Å². The van der Waals surface area contributed by atoms with Gasteiger partial charge in [-0.2, -0.15) is 0 Å². The van der Waals surface area contributed by atoms with Crippen LogP contribution in [0.2, 0.25) is 10.0 Å². The molecule has 46 heavy (non-hydrogen) atoms. The van der Waals surface area contributed by atoms with Crippen LogP contribution in [0, 0.1) is 0 Å². The fraction of sp³-hybridized carbons (Fsp3) is 0.429. The van der Waals surface area contributed by atoms with Crippen molar-refractivity contribution in [1.82, 2.24) is 19.7 Å². The van der Waals surface area contributed by atoms with Crippen molar-refractivity contribution in [3.8, 4) is 5.75 Å². The number of halogens is 3. The van der Waals surface area contributed by atoms with Gasteiger partial charge >= 0.3 is 6.03 Å². The van der Waals surface area contributed by atoms with Crippen molar-refractivity contribution in [2.45, 2.75) is 58.0 Å². The highest BCUT2D eigenvalue weighted by molar-refractivity contribution is 14.1. The van der Waals surface area contributed by atoms with Crippen molar-refractivity contribution in [3.63, 3.8) is 0 Å². The van der Waals surface area contributed by atoms with Crippen molar-refractivity contribution in [3.05, 3.63) is 93.2 Å². The number of aliphatic imine (C=N–C) groups is 1. The third-order valence-corrected chi connectivity index (χ3v) is 10.3. The molecule has 5 rings (SSSR count). The monoisotopic (exact) mass is 775 g/mol. The topological polar surface area (TPSA) is 78.3 Å². The largest absolute Gasteiger partial charge is 0.493 e. The zero-order chi connectivity index (χ0) is 33.4. The summed E-state index contributed by atoms with van der Waals surface area (Å²) in [6, 6.07) is 16.9. The van der Waals surface area contributed by atoms with Crippen molar-refractivity contribution in [1.29, 1.82) is 0 Å². The van der Waals surface area contributed by atoms with Gasteiger partial charge in [0.25, 0.3) is 0 Å². The van der Waals surface area contributed by atoms with E-state index in [-0.39, 0.29) is 17.4 Å². The lowest BCUT2D eigenvalue weighted by Crippen LogP contribution is -2.61. The first-order chi connectivity index (χ1) is 21.7. The minimum Gasteiger partial charge on any atom is -0.493 e. The van der Waals surface area contributed by atoms with Crippen molar-refractivity contribution < 1.29 is 14.3 Å². The Kier molecular flexibility index (Phi) is 9.97. The summed E-state index contributed by atoms with van der Waals surface area (Å²) in [6.45, 7) is 14.5. The van der Waals surface area contributed by atoms with E-state index in [0.717, 1.165) is 16.8 Å². The van der Waals surface area contributed by atoms with Gasteiger partial charge in [0, 0.05) is 59.6 Å². The maximum Gasteiger partial charge on any atom is 0.326 e. The second-order valence-corrected chi connectivity index (χ2v) is 14.6. The van der Waals surface area contributed by atoms with Gasteiger partial charge in [-0.15, -0.1) is 0 Å². The minimum atomic E-state index is -1.03. The molecule has 3 heterocycles. The zero-order valence-electron chi connectivity index (χ0n) is 27.1. The third-order valence-electron chi connectivity index (χ3n) is 9.13. The molecule has 0 N–H and O–H groups in total. The molecule has 0 saturated carbocycles. The predicted octanol–water partition coefficient (Wildman–Crippen LogP) is 7.68. The molecule has 2 aliphatic rings. The Bertz CT molecular complexity index is 1640. The molecule has 0 aliphatic carbocycles. The van der Waals surface area contributed by atoms with Crippen molar-refractivity contribution in [2.75, 3.05) is 37.2 Å². The molecule has 3 amide bonds. The molecule has 2 atom stereocenters. The van der Waals surface area contributed by atoms with Crippen LogP contribution >= 0.6 is 45.8 Å². The summed E-state index contributed by atoms with van der Waals surface area (Å²) < 4.78 is 6.64. The van der Waals surface area contributed by atoms with E-state index in [9.17, 15) is 4.79 Å². The van der Waals surface area contributed by atoms with Crippen molar-refractivity contribution in [2.24, 2.45) is 4.99 Å². The van der Waals surface area contributed by atoms with Crippen LogP contribution in [-0.2, 0) is 21.3 Å². The molecule has 11 heteroatoms. The first-order valence-corrected chi connectivity index (χ1v) is 17.7. The number of pyridine rings is 1. The smallest absolute Gasteiger partial charge is 0.326 e. The molecular formula is C35H40Cl2IN5O3. The van der Waals surface area contributed by atoms with E-state index >= 15 is 4.79 Å². The fourth-order valence-corrected chi connectivity index (χ4v) is 6.96. The van der Waals surface area contributed by atoms with Gasteiger partial charge < -0.3 is 14.5 Å². The Hall–Kier alpha value is -2.89. The van der Waals surface area contributed by atoms with Gasteiger partial charge in [0.15, 0.2) is 0 Å². The highest BCUT2D eigenvalue weighted by Crippen LogP contribution is 2.54. The molecule has 2 aliphatic heterocycles. The number of amidine groups is 1. The highest BCUT2D eigenvalue weighted by Gasteiger charge is 2.60. The molecular weight excluding hydrogens is 736 g/mol. The van der Waals surface area contributed by atoms with Crippen LogP contribution < -0.4 is 4.74 Å². The number of rotatable bonds is 6. The molecule has 1 fully saturated rings. The van der Waals surface area contributed by atoms with Crippen LogP contribution in [-0.4, -0.2) is 74.7 Å². The number of urea groups is 1. The lowest BCUT2D eigenvalue weighted by atomic mass is 9.71. The molecule has 0 radical (unpaired) electrons. The zero-order valence-corrected chi connectivity index (χ0v) is 30.8. The van der Waals surface area contributed by atoms with Crippen LogP contribution in [0.15, 0.2) is 65.8 Å². The summed E-state index contributed by atoms with van der Waals surface area (Å²) in [5, 5.41) is 1.20. The summed E-state index contributed by atoms with van der Waals surface area (Å²) in [7, 11) is 0. The third kappa shape index (κ3) is 6.22. The van der Waals surface area contributed by atoms with Crippen LogP contribution in [0.3, 0.4) is 0 Å². The maximum atomic E-state index is 15.0. The molecule has 0 unspecified atom stereocenters. The minimum absolute atomic E-state index is 0.0730. The number of nitrogens with zero attached hydrogens (tertiary/aromatic N) is 5. The van der Waals surface area contributed by atoms with Crippen molar-refractivity contribution >= 4 is 63.6 Å². The molecule has 3 aromatic rings. The van der Waals surface area contributed by atoms with E-state index in [1.807, 2.05) is 85.2 Å². The quantitative estimate of drug-likeness (QED) is 0.190. The summed E-state index contributed by atoms with van der Waals surface area (Å²) in [6.07, 6.45) is 1.78. The van der Waals surface area contributed by atoms with E-state index in [0.29, 0.717) is 64.4 Å². The first kappa shape index (κ1) is 34.4. The van der Waals surface area contributed by atoms with Crippen LogP contribution in [0.5, 0.6) is 5.75 Å². The van der Waals surface area contributed by atoms with Gasteiger partial charge in [-0.05, 0) is 56.2 Å². The lowest BCUT2D eigenvalue weighted by Gasteiger charge is -2.47. The SMILES string of the molecule is CCOc1cc(C(C)(C)C)ncc1C1=N[C@@](C)(c2ccc(Cl)cc2)[C@@](C)(c2ccc(Cl)cc2)N1C(=O)N1CCN(C(=O)CI)CC1. The average molecular weight is 777 g/mol. The second kappa shape index (κ2) is 13.3. The Morgan fingerprint density at radius 1 is 0.913 bits per heavy atom. The van der Waals surface area contributed by atoms with Crippen LogP contribution in [0.1, 0.15) is 63.9 Å². The Labute approximate surface area is 295 Å². The number of carbonyl (C=O) groups excluding carboxylic acids is 2. The fourth-order valence-electron chi connectivity index (χ4n) is 6.23. The van der Waals surface area contributed by atoms with Gasteiger partial charge in [0.05, 0.1) is 16.6 Å². The normalized spacial score (nSPS) is 21.8. The average Bonchev–Trinajstić information content (AvgIpc) is 3.28. The standard InChI is InChI=1S/C35H40Cl2IN5O3/c1-7-46-28-20-29(33(2,3)4)39-22-27(28)31-40-34(5,23-8-12-25(36)13-9-23)35(6,24-10-14-26(37)15-11-24)43(31)32(45)42-18-16-41(17-19-42)30(44)21-38/h8-15,20,22H,7,16-19,21H2,1-6H3/t34-,35+/m0/s1. The van der Waals surface area contributed by atoms with Gasteiger partial charge in [-0.25, -0.2) is 4.79 Å². The number of alkyl halides is 1. The lowest BCUT2D eigenvalue weighted by molar-refractivity contribution is -0.129. The first-order valence-electron chi connectivity index (χ1n) is 15.4. The Morgan fingerprint density at radius 2 is 1.46 bits per heavy atom. The number of ether oxygens (including phenoxy) is 1. The van der Waals surface area contributed by atoms with Gasteiger partial charge in [0.1, 0.15) is 22.7 Å². The summed E-state index contributed by atoms with van der Waals surface area (Å²) in [5.74, 6) is 1.14. The second-order valence-electron chi connectivity index (χ2n) is 13.0. The summed E-state index contributed by atoms with van der Waals surface area (Å²) >= 11 is 14.8. The maximum absolute atomic E-state index is 15.0. The van der Waals surface area contributed by atoms with E-state index in [4.69, 9.17) is 37.9 Å². The van der Waals surface area contributed by atoms with Gasteiger partial charge in [0.2, 0.25) is 5.91 Å². The van der Waals surface area contributed by atoms with Gasteiger partial charge in [-0.3, -0.25) is 19.7 Å². The molecule has 0 bridgehead atoms. The molecule has 1 aromatic heterocycles. The van der Waals surface area contributed by atoms with Crippen LogP contribution in [0.25, 0.3) is 0 Å². The number of piperazine rings is 1. The van der Waals surface area contributed by atoms with E-state index in [2.05, 4.69) is 43.4 Å².